The Morgan fingerprint density at radius 2 is 1.93 bits per heavy atom. The molecule has 0 aliphatic carbocycles. The second kappa shape index (κ2) is 6.19. The predicted molar refractivity (Wildman–Crippen MR) is 99.6 cm³/mol. The van der Waals surface area contributed by atoms with Crippen LogP contribution in [0.1, 0.15) is 40.8 Å². The Morgan fingerprint density at radius 3 is 2.74 bits per heavy atom. The van der Waals surface area contributed by atoms with Crippen LogP contribution in [0.2, 0.25) is 0 Å². The summed E-state index contributed by atoms with van der Waals surface area (Å²) in [6, 6.07) is 13.4. The molecule has 4 aromatic rings. The van der Waals surface area contributed by atoms with Crippen LogP contribution in [-0.4, -0.2) is 43.7 Å². The molecule has 1 aliphatic rings. The maximum absolute atomic E-state index is 12.8. The van der Waals surface area contributed by atoms with E-state index >= 15 is 0 Å². The van der Waals surface area contributed by atoms with Crippen molar-refractivity contribution in [3.05, 3.63) is 59.7 Å². The molecule has 0 saturated carbocycles. The first kappa shape index (κ1) is 16.0. The van der Waals surface area contributed by atoms with E-state index in [1.807, 2.05) is 58.8 Å². The first-order chi connectivity index (χ1) is 13.2. The summed E-state index contributed by atoms with van der Waals surface area (Å²) in [4.78, 5) is 14.7. The molecule has 0 unspecified atom stereocenters. The molecule has 0 N–H and O–H groups in total. The number of carbonyl (C=O) groups is 1. The van der Waals surface area contributed by atoms with E-state index in [0.717, 1.165) is 41.0 Å². The molecule has 7 heteroatoms. The van der Waals surface area contributed by atoms with Crippen molar-refractivity contribution >= 4 is 22.5 Å². The number of amides is 1. The summed E-state index contributed by atoms with van der Waals surface area (Å²) in [5.41, 5.74) is 2.43. The number of rotatable bonds is 2. The summed E-state index contributed by atoms with van der Waals surface area (Å²) in [6.45, 7) is 3.29. The molecule has 0 atom stereocenters. The number of furan rings is 1. The largest absolute Gasteiger partial charge is 0.451 e. The van der Waals surface area contributed by atoms with E-state index in [1.54, 1.807) is 0 Å². The van der Waals surface area contributed by atoms with E-state index in [1.165, 1.54) is 0 Å². The van der Waals surface area contributed by atoms with Crippen LogP contribution < -0.4 is 0 Å². The molecule has 136 valence electrons. The minimum absolute atomic E-state index is 0.0512. The summed E-state index contributed by atoms with van der Waals surface area (Å²) in [5, 5.41) is 14.0. The lowest BCUT2D eigenvalue weighted by Gasteiger charge is -2.30. The predicted octanol–water partition coefficient (Wildman–Crippen LogP) is 3.20. The Balaban J connectivity index is 1.33. The van der Waals surface area contributed by atoms with Gasteiger partial charge in [0.2, 0.25) is 0 Å². The highest BCUT2D eigenvalue weighted by Gasteiger charge is 2.29. The third-order valence-electron chi connectivity index (χ3n) is 5.20. The Kier molecular flexibility index (Phi) is 3.67. The number of aromatic nitrogens is 4. The van der Waals surface area contributed by atoms with E-state index in [4.69, 9.17) is 4.42 Å². The van der Waals surface area contributed by atoms with Crippen molar-refractivity contribution in [3.63, 3.8) is 0 Å². The van der Waals surface area contributed by atoms with Gasteiger partial charge < -0.3 is 9.32 Å². The quantitative estimate of drug-likeness (QED) is 0.548. The van der Waals surface area contributed by atoms with E-state index < -0.39 is 0 Å². The molecule has 27 heavy (non-hydrogen) atoms. The summed E-state index contributed by atoms with van der Waals surface area (Å²) >= 11 is 0. The van der Waals surface area contributed by atoms with E-state index in [9.17, 15) is 4.79 Å². The van der Waals surface area contributed by atoms with Crippen LogP contribution in [0.4, 0.5) is 0 Å². The Bertz CT molecular complexity index is 1100. The van der Waals surface area contributed by atoms with Crippen LogP contribution in [0.25, 0.3) is 16.6 Å². The Morgan fingerprint density at radius 1 is 1.11 bits per heavy atom. The molecule has 7 nitrogen and oxygen atoms in total. The zero-order valence-corrected chi connectivity index (χ0v) is 15.0. The highest BCUT2D eigenvalue weighted by Crippen LogP contribution is 2.28. The molecule has 1 saturated heterocycles. The zero-order chi connectivity index (χ0) is 18.4. The van der Waals surface area contributed by atoms with Gasteiger partial charge in [-0.3, -0.25) is 4.79 Å². The molecule has 0 radical (unpaired) electrons. The summed E-state index contributed by atoms with van der Waals surface area (Å²) in [6.07, 6.45) is 1.67. The van der Waals surface area contributed by atoms with Gasteiger partial charge in [0.1, 0.15) is 5.58 Å². The number of hydrogen-bond donors (Lipinski definition) is 0. The average molecular weight is 361 g/mol. The number of benzene rings is 1. The van der Waals surface area contributed by atoms with Gasteiger partial charge in [0.25, 0.3) is 5.91 Å². The van der Waals surface area contributed by atoms with Crippen LogP contribution in [0, 0.1) is 6.92 Å². The van der Waals surface area contributed by atoms with E-state index in [2.05, 4.69) is 15.3 Å². The van der Waals surface area contributed by atoms with Crippen molar-refractivity contribution in [1.29, 1.82) is 0 Å². The molecule has 1 aliphatic heterocycles. The van der Waals surface area contributed by atoms with Gasteiger partial charge in [0.15, 0.2) is 17.2 Å². The molecule has 1 aromatic carbocycles. The van der Waals surface area contributed by atoms with Crippen molar-refractivity contribution < 1.29 is 9.21 Å². The summed E-state index contributed by atoms with van der Waals surface area (Å²) in [7, 11) is 0. The molecule has 5 rings (SSSR count). The number of aryl methyl sites for hydroxylation is 1. The fourth-order valence-corrected chi connectivity index (χ4v) is 3.74. The lowest BCUT2D eigenvalue weighted by molar-refractivity contribution is 0.0681. The van der Waals surface area contributed by atoms with Gasteiger partial charge in [-0.05, 0) is 44.0 Å². The Labute approximate surface area is 155 Å². The fraction of sp³-hybridized carbons (Fsp3) is 0.300. The molecular weight excluding hydrogens is 342 g/mol. The topological polar surface area (TPSA) is 76.5 Å². The maximum Gasteiger partial charge on any atom is 0.289 e. The highest BCUT2D eigenvalue weighted by atomic mass is 16.3. The van der Waals surface area contributed by atoms with Crippen LogP contribution in [0.3, 0.4) is 0 Å². The van der Waals surface area contributed by atoms with Gasteiger partial charge in [0.05, 0.1) is 5.69 Å². The number of para-hydroxylation sites is 1. The second-order valence-corrected chi connectivity index (χ2v) is 7.02. The smallest absolute Gasteiger partial charge is 0.289 e. The first-order valence-corrected chi connectivity index (χ1v) is 9.16. The van der Waals surface area contributed by atoms with Crippen LogP contribution in [0.15, 0.2) is 46.9 Å². The lowest BCUT2D eigenvalue weighted by atomic mass is 9.96. The van der Waals surface area contributed by atoms with Crippen LogP contribution in [-0.2, 0) is 0 Å². The van der Waals surface area contributed by atoms with Gasteiger partial charge >= 0.3 is 0 Å². The minimum Gasteiger partial charge on any atom is -0.451 e. The van der Waals surface area contributed by atoms with Crippen molar-refractivity contribution in [2.75, 3.05) is 13.1 Å². The van der Waals surface area contributed by atoms with Gasteiger partial charge in [-0.1, -0.05) is 18.2 Å². The monoisotopic (exact) mass is 361 g/mol. The minimum atomic E-state index is -0.0512. The zero-order valence-electron chi connectivity index (χ0n) is 15.0. The maximum atomic E-state index is 12.8. The van der Waals surface area contributed by atoms with E-state index in [-0.39, 0.29) is 11.8 Å². The number of carbonyl (C=O) groups excluding carboxylic acids is 1. The average Bonchev–Trinajstić information content (AvgIpc) is 3.31. The van der Waals surface area contributed by atoms with Gasteiger partial charge in [-0.25, -0.2) is 0 Å². The van der Waals surface area contributed by atoms with Gasteiger partial charge in [0, 0.05) is 24.4 Å². The van der Waals surface area contributed by atoms with Crippen molar-refractivity contribution in [3.8, 4) is 0 Å². The third-order valence-corrected chi connectivity index (χ3v) is 5.20. The molecule has 1 amide bonds. The van der Waals surface area contributed by atoms with E-state index in [0.29, 0.717) is 18.8 Å². The third kappa shape index (κ3) is 2.75. The molecular formula is C20H19N5O2. The number of hydrogen-bond acceptors (Lipinski definition) is 5. The molecule has 1 fully saturated rings. The number of likely N-dealkylation sites (tertiary alicyclic amines) is 1. The SMILES string of the molecule is Cc1ccc2nnc(C3CCN(C(=O)c4cc5ccccc5o4)CC3)n2n1. The highest BCUT2D eigenvalue weighted by molar-refractivity contribution is 5.96. The fourth-order valence-electron chi connectivity index (χ4n) is 3.74. The van der Waals surface area contributed by atoms with Crippen molar-refractivity contribution in [1.82, 2.24) is 24.7 Å². The number of piperidine rings is 1. The van der Waals surface area contributed by atoms with Crippen LogP contribution >= 0.6 is 0 Å². The first-order valence-electron chi connectivity index (χ1n) is 9.16. The second-order valence-electron chi connectivity index (χ2n) is 7.02. The molecule has 4 heterocycles. The summed E-state index contributed by atoms with van der Waals surface area (Å²) < 4.78 is 7.56. The molecule has 0 spiro atoms. The van der Waals surface area contributed by atoms with Gasteiger partial charge in [-0.15, -0.1) is 10.2 Å². The van der Waals surface area contributed by atoms with Crippen LogP contribution in [0.5, 0.6) is 0 Å². The molecule has 3 aromatic heterocycles. The Hall–Kier alpha value is -3.22. The number of nitrogens with zero attached hydrogens (tertiary/aromatic N) is 5. The normalized spacial score (nSPS) is 15.7. The van der Waals surface area contributed by atoms with Crippen molar-refractivity contribution in [2.24, 2.45) is 0 Å². The van der Waals surface area contributed by atoms with Crippen molar-refractivity contribution in [2.45, 2.75) is 25.7 Å². The summed E-state index contributed by atoms with van der Waals surface area (Å²) in [5.74, 6) is 1.48. The number of fused-ring (bicyclic) bond motifs is 2. The van der Waals surface area contributed by atoms with Gasteiger partial charge in [-0.2, -0.15) is 9.61 Å². The lowest BCUT2D eigenvalue weighted by Crippen LogP contribution is -2.38. The standard InChI is InChI=1S/C20H19N5O2/c1-13-6-7-18-21-22-19(25(18)23-13)14-8-10-24(11-9-14)20(26)17-12-15-4-2-3-5-16(15)27-17/h2-7,12,14H,8-11H2,1H3. The molecule has 0 bridgehead atoms.